The topological polar surface area (TPSA) is 97.2 Å². The van der Waals surface area contributed by atoms with Gasteiger partial charge in [-0.2, -0.15) is 22.7 Å². The van der Waals surface area contributed by atoms with Crippen LogP contribution in [0.2, 0.25) is 0 Å². The number of hydrogen-bond donors (Lipinski definition) is 1. The Kier molecular flexibility index (Phi) is 6.19. The fourth-order valence-electron chi connectivity index (χ4n) is 3.55. The van der Waals surface area contributed by atoms with Crippen LogP contribution in [-0.2, 0) is 23.1 Å². The van der Waals surface area contributed by atoms with Gasteiger partial charge >= 0.3 is 12.2 Å². The smallest absolute Gasteiger partial charge is 0.325 e. The minimum atomic E-state index is -4.88. The van der Waals surface area contributed by atoms with Crippen LogP contribution in [0, 0.1) is 11.9 Å². The zero-order valence-electron chi connectivity index (χ0n) is 17.0. The second-order valence-corrected chi connectivity index (χ2v) is 9.76. The SMILES string of the molecule is Cn1nc(C(F)(F)F)cc1S(=O)(=O)C(C)(F)C1CCN(C(=O)Nc2ccnc(F)c2)CC1. The molecule has 1 N–H and O–H groups in total. The number of nitrogens with one attached hydrogen (secondary N) is 1. The van der Waals surface area contributed by atoms with Crippen LogP contribution < -0.4 is 5.32 Å². The minimum absolute atomic E-state index is 0.00170. The van der Waals surface area contributed by atoms with Gasteiger partial charge in [0, 0.05) is 50.1 Å². The van der Waals surface area contributed by atoms with E-state index in [9.17, 15) is 30.8 Å². The van der Waals surface area contributed by atoms with Crippen molar-refractivity contribution in [2.24, 2.45) is 13.0 Å². The molecule has 1 aliphatic heterocycles. The van der Waals surface area contributed by atoms with Crippen LogP contribution in [0.5, 0.6) is 0 Å². The number of rotatable bonds is 4. The number of sulfone groups is 1. The van der Waals surface area contributed by atoms with E-state index in [1.165, 1.54) is 17.2 Å². The highest BCUT2D eigenvalue weighted by Gasteiger charge is 2.50. The lowest BCUT2D eigenvalue weighted by Crippen LogP contribution is -2.48. The van der Waals surface area contributed by atoms with Crippen LogP contribution in [-0.4, -0.2) is 52.2 Å². The van der Waals surface area contributed by atoms with Gasteiger partial charge in [-0.25, -0.2) is 22.6 Å². The molecule has 176 valence electrons. The summed E-state index contributed by atoms with van der Waals surface area (Å²) in [5.74, 6) is -1.86. The monoisotopic (exact) mass is 481 g/mol. The van der Waals surface area contributed by atoms with Crippen molar-refractivity contribution in [2.75, 3.05) is 18.4 Å². The highest BCUT2D eigenvalue weighted by Crippen LogP contribution is 2.40. The first-order chi connectivity index (χ1) is 14.7. The van der Waals surface area contributed by atoms with Crippen LogP contribution >= 0.6 is 0 Å². The summed E-state index contributed by atoms with van der Waals surface area (Å²) >= 11 is 0. The highest BCUT2D eigenvalue weighted by atomic mass is 32.2. The molecule has 1 saturated heterocycles. The molecule has 14 heteroatoms. The molecule has 3 rings (SSSR count). The van der Waals surface area contributed by atoms with Gasteiger partial charge in [-0.3, -0.25) is 4.68 Å². The molecule has 0 radical (unpaired) electrons. The van der Waals surface area contributed by atoms with Crippen LogP contribution in [0.4, 0.5) is 32.4 Å². The van der Waals surface area contributed by atoms with Gasteiger partial charge in [-0.15, -0.1) is 0 Å². The standard InChI is InChI=1S/C18H20F5N5O3S/c1-17(20,32(30,31)15-10-13(18(21,22)23)26-27(15)2)11-4-7-28(8-5-11)16(29)25-12-3-6-24-14(19)9-12/h3,6,9-11H,4-5,7-8H2,1-2H3,(H,24,25,29). The van der Waals surface area contributed by atoms with Crippen molar-refractivity contribution in [2.45, 2.75) is 36.0 Å². The molecule has 0 aliphatic carbocycles. The fraction of sp³-hybridized carbons (Fsp3) is 0.500. The Morgan fingerprint density at radius 3 is 2.34 bits per heavy atom. The number of urea groups is 1. The number of likely N-dealkylation sites (tertiary alicyclic amines) is 1. The fourth-order valence-corrected chi connectivity index (χ4v) is 5.28. The number of aromatic nitrogens is 3. The number of hydrogen-bond acceptors (Lipinski definition) is 5. The lowest BCUT2D eigenvalue weighted by atomic mass is 9.92. The number of aryl methyl sites for hydroxylation is 1. The summed E-state index contributed by atoms with van der Waals surface area (Å²) in [6.45, 7) is 0.805. The van der Waals surface area contributed by atoms with Gasteiger partial charge in [0.15, 0.2) is 10.7 Å². The highest BCUT2D eigenvalue weighted by molar-refractivity contribution is 7.92. The predicted molar refractivity (Wildman–Crippen MR) is 102 cm³/mol. The summed E-state index contributed by atoms with van der Waals surface area (Å²) in [6, 6.07) is 2.11. The summed E-state index contributed by atoms with van der Waals surface area (Å²) in [4.78, 5) is 17.0. The van der Waals surface area contributed by atoms with Crippen LogP contribution in [0.15, 0.2) is 29.4 Å². The molecule has 1 aliphatic rings. The number of pyridine rings is 1. The summed E-state index contributed by atoms with van der Waals surface area (Å²) < 4.78 is 93.6. The summed E-state index contributed by atoms with van der Waals surface area (Å²) in [5, 5.41) is 1.84. The van der Waals surface area contributed by atoms with Crippen molar-refractivity contribution in [3.8, 4) is 0 Å². The molecule has 1 fully saturated rings. The van der Waals surface area contributed by atoms with Gasteiger partial charge in [0.25, 0.3) is 0 Å². The molecule has 1 atom stereocenters. The third kappa shape index (κ3) is 4.54. The van der Waals surface area contributed by atoms with Gasteiger partial charge in [-0.1, -0.05) is 0 Å². The second-order valence-electron chi connectivity index (χ2n) is 7.54. The number of nitrogens with zero attached hydrogens (tertiary/aromatic N) is 4. The average molecular weight is 481 g/mol. The van der Waals surface area contributed by atoms with Crippen molar-refractivity contribution < 1.29 is 35.2 Å². The van der Waals surface area contributed by atoms with E-state index in [1.54, 1.807) is 0 Å². The third-order valence-corrected chi connectivity index (χ3v) is 7.73. The Morgan fingerprint density at radius 2 is 1.81 bits per heavy atom. The van der Waals surface area contributed by atoms with Gasteiger partial charge in [0.1, 0.15) is 0 Å². The molecular formula is C18H20F5N5O3S. The third-order valence-electron chi connectivity index (χ3n) is 5.42. The van der Waals surface area contributed by atoms with E-state index < -0.39 is 49.6 Å². The first-order valence-corrected chi connectivity index (χ1v) is 10.9. The lowest BCUT2D eigenvalue weighted by molar-refractivity contribution is -0.141. The van der Waals surface area contributed by atoms with E-state index >= 15 is 4.39 Å². The average Bonchev–Trinajstić information content (AvgIpc) is 3.11. The maximum Gasteiger partial charge on any atom is 0.435 e. The van der Waals surface area contributed by atoms with Crippen molar-refractivity contribution >= 4 is 21.6 Å². The molecule has 3 heterocycles. The number of anilines is 1. The molecule has 2 amide bonds. The van der Waals surface area contributed by atoms with Gasteiger partial charge in [0.2, 0.25) is 20.8 Å². The Hall–Kier alpha value is -2.77. The number of alkyl halides is 4. The van der Waals surface area contributed by atoms with Gasteiger partial charge in [0.05, 0.1) is 0 Å². The second kappa shape index (κ2) is 8.30. The molecule has 8 nitrogen and oxygen atoms in total. The Morgan fingerprint density at radius 1 is 1.19 bits per heavy atom. The molecule has 32 heavy (non-hydrogen) atoms. The lowest BCUT2D eigenvalue weighted by Gasteiger charge is -2.37. The van der Waals surface area contributed by atoms with E-state index in [1.807, 2.05) is 0 Å². The van der Waals surface area contributed by atoms with E-state index in [2.05, 4.69) is 15.4 Å². The summed E-state index contributed by atoms with van der Waals surface area (Å²) in [6.07, 6.45) is -3.81. The molecular weight excluding hydrogens is 461 g/mol. The van der Waals surface area contributed by atoms with Crippen LogP contribution in [0.1, 0.15) is 25.5 Å². The summed E-state index contributed by atoms with van der Waals surface area (Å²) in [7, 11) is -3.84. The Balaban J connectivity index is 1.71. The number of piperidine rings is 1. The minimum Gasteiger partial charge on any atom is -0.325 e. The van der Waals surface area contributed by atoms with Crippen LogP contribution in [0.25, 0.3) is 0 Å². The summed E-state index contributed by atoms with van der Waals surface area (Å²) in [5.41, 5.74) is -1.27. The Labute approximate surface area is 180 Å². The Bertz CT molecular complexity index is 1110. The number of amides is 2. The zero-order valence-corrected chi connectivity index (χ0v) is 17.8. The molecule has 0 aromatic carbocycles. The van der Waals surface area contributed by atoms with Gasteiger partial charge < -0.3 is 10.2 Å². The van der Waals surface area contributed by atoms with Gasteiger partial charge in [-0.05, 0) is 25.8 Å². The van der Waals surface area contributed by atoms with Crippen molar-refractivity contribution in [3.63, 3.8) is 0 Å². The van der Waals surface area contributed by atoms with Crippen molar-refractivity contribution in [1.82, 2.24) is 19.7 Å². The quantitative estimate of drug-likeness (QED) is 0.534. The van der Waals surface area contributed by atoms with E-state index in [4.69, 9.17) is 0 Å². The molecule has 0 spiro atoms. The molecule has 0 saturated carbocycles. The van der Waals surface area contributed by atoms with E-state index in [0.29, 0.717) is 10.7 Å². The van der Waals surface area contributed by atoms with Crippen molar-refractivity contribution in [1.29, 1.82) is 0 Å². The largest absolute Gasteiger partial charge is 0.435 e. The normalized spacial score (nSPS) is 17.8. The number of carbonyl (C=O) groups is 1. The molecule has 0 bridgehead atoms. The zero-order chi connectivity index (χ0) is 23.9. The predicted octanol–water partition coefficient (Wildman–Crippen LogP) is 3.38. The first kappa shape index (κ1) is 23.9. The van der Waals surface area contributed by atoms with E-state index in [0.717, 1.165) is 20.0 Å². The maximum absolute atomic E-state index is 15.6. The molecule has 1 unspecified atom stereocenters. The molecule has 2 aromatic rings. The maximum atomic E-state index is 15.6. The van der Waals surface area contributed by atoms with Crippen LogP contribution in [0.3, 0.4) is 0 Å². The number of halogens is 5. The first-order valence-electron chi connectivity index (χ1n) is 9.45. The van der Waals surface area contributed by atoms with E-state index in [-0.39, 0.29) is 31.6 Å². The molecule has 2 aromatic heterocycles. The number of carbonyl (C=O) groups excluding carboxylic acids is 1. The van der Waals surface area contributed by atoms with Crippen molar-refractivity contribution in [3.05, 3.63) is 36.0 Å².